The monoisotopic (exact) mass is 397 g/mol. The summed E-state index contributed by atoms with van der Waals surface area (Å²) in [5.41, 5.74) is 3.89. The predicted octanol–water partition coefficient (Wildman–Crippen LogP) is 5.09. The van der Waals surface area contributed by atoms with E-state index in [1.54, 1.807) is 21.3 Å². The molecule has 0 heterocycles. The highest BCUT2D eigenvalue weighted by molar-refractivity contribution is 5.94. The van der Waals surface area contributed by atoms with Crippen LogP contribution in [0.15, 0.2) is 42.5 Å². The minimum absolute atomic E-state index is 0.112. The number of nitrogens with one attached hydrogen (secondary N) is 1. The van der Waals surface area contributed by atoms with Crippen LogP contribution in [0.25, 0.3) is 5.57 Å². The lowest BCUT2D eigenvalue weighted by atomic mass is 9.91. The standard InChI is InChI=1S/C24H31NO4/c1-16(14-24(2,3)4)18-8-10-19(11-9-18)23(26)25-15-17-12-20(27-5)22(29-7)21(13-17)28-6/h8-14H,15H2,1-7H3,(H,25,26)/b16-14+. The van der Waals surface area contributed by atoms with Gasteiger partial charge in [0.25, 0.3) is 5.91 Å². The van der Waals surface area contributed by atoms with Gasteiger partial charge in [-0.15, -0.1) is 0 Å². The molecule has 156 valence electrons. The Labute approximate surface area is 173 Å². The highest BCUT2D eigenvalue weighted by atomic mass is 16.5. The van der Waals surface area contributed by atoms with Crippen LogP contribution in [0.4, 0.5) is 0 Å². The normalized spacial score (nSPS) is 11.8. The van der Waals surface area contributed by atoms with Crippen LogP contribution < -0.4 is 19.5 Å². The molecule has 2 rings (SSSR count). The number of hydrogen-bond donors (Lipinski definition) is 1. The van der Waals surface area contributed by atoms with Crippen molar-refractivity contribution in [3.05, 3.63) is 59.2 Å². The molecule has 1 amide bonds. The second kappa shape index (κ2) is 9.50. The number of carbonyl (C=O) groups is 1. The summed E-state index contributed by atoms with van der Waals surface area (Å²) in [7, 11) is 4.69. The summed E-state index contributed by atoms with van der Waals surface area (Å²) in [6, 6.07) is 11.3. The molecule has 0 aromatic heterocycles. The Balaban J connectivity index is 2.11. The van der Waals surface area contributed by atoms with E-state index in [0.29, 0.717) is 29.4 Å². The lowest BCUT2D eigenvalue weighted by molar-refractivity contribution is 0.0951. The van der Waals surface area contributed by atoms with E-state index in [4.69, 9.17) is 14.2 Å². The smallest absolute Gasteiger partial charge is 0.251 e. The number of rotatable bonds is 7. The van der Waals surface area contributed by atoms with Crippen molar-refractivity contribution in [1.82, 2.24) is 5.32 Å². The molecule has 2 aromatic carbocycles. The molecule has 0 spiro atoms. The van der Waals surface area contributed by atoms with Gasteiger partial charge in [-0.1, -0.05) is 39.0 Å². The van der Waals surface area contributed by atoms with Crippen molar-refractivity contribution in [2.45, 2.75) is 34.2 Å². The molecule has 0 aliphatic heterocycles. The number of hydrogen-bond acceptors (Lipinski definition) is 4. The molecule has 0 aliphatic rings. The summed E-state index contributed by atoms with van der Waals surface area (Å²) < 4.78 is 16.0. The molecule has 29 heavy (non-hydrogen) atoms. The van der Waals surface area contributed by atoms with E-state index in [1.807, 2.05) is 36.4 Å². The van der Waals surface area contributed by atoms with E-state index in [9.17, 15) is 4.79 Å². The van der Waals surface area contributed by atoms with Gasteiger partial charge in [0.05, 0.1) is 21.3 Å². The van der Waals surface area contributed by atoms with Crippen molar-refractivity contribution in [3.8, 4) is 17.2 Å². The first-order valence-electron chi connectivity index (χ1n) is 9.55. The van der Waals surface area contributed by atoms with Crippen LogP contribution in [-0.2, 0) is 6.54 Å². The van der Waals surface area contributed by atoms with Gasteiger partial charge < -0.3 is 19.5 Å². The van der Waals surface area contributed by atoms with Gasteiger partial charge >= 0.3 is 0 Å². The first kappa shape index (κ1) is 22.3. The van der Waals surface area contributed by atoms with Crippen LogP contribution >= 0.6 is 0 Å². The van der Waals surface area contributed by atoms with Gasteiger partial charge in [-0.25, -0.2) is 0 Å². The third kappa shape index (κ3) is 6.01. The third-order valence-electron chi connectivity index (χ3n) is 4.43. The first-order valence-corrected chi connectivity index (χ1v) is 9.55. The first-order chi connectivity index (χ1) is 13.7. The maximum atomic E-state index is 12.5. The zero-order chi connectivity index (χ0) is 21.6. The molecule has 1 N–H and O–H groups in total. The van der Waals surface area contributed by atoms with Crippen molar-refractivity contribution < 1.29 is 19.0 Å². The van der Waals surface area contributed by atoms with Gasteiger partial charge in [0.1, 0.15) is 0 Å². The van der Waals surface area contributed by atoms with E-state index in [-0.39, 0.29) is 11.3 Å². The van der Waals surface area contributed by atoms with Gasteiger partial charge in [0.15, 0.2) is 11.5 Å². The summed E-state index contributed by atoms with van der Waals surface area (Å²) in [5, 5.41) is 2.94. The third-order valence-corrected chi connectivity index (χ3v) is 4.43. The second-order valence-corrected chi connectivity index (χ2v) is 7.99. The second-order valence-electron chi connectivity index (χ2n) is 7.99. The quantitative estimate of drug-likeness (QED) is 0.707. The Morgan fingerprint density at radius 2 is 1.45 bits per heavy atom. The zero-order valence-electron chi connectivity index (χ0n) is 18.4. The molecule has 0 saturated carbocycles. The van der Waals surface area contributed by atoms with Crippen molar-refractivity contribution >= 4 is 11.5 Å². The fourth-order valence-corrected chi connectivity index (χ4v) is 3.14. The maximum Gasteiger partial charge on any atom is 0.251 e. The van der Waals surface area contributed by atoms with Crippen LogP contribution in [0.3, 0.4) is 0 Å². The van der Waals surface area contributed by atoms with E-state index in [1.165, 1.54) is 5.57 Å². The molecule has 0 bridgehead atoms. The molecule has 0 unspecified atom stereocenters. The molecule has 5 nitrogen and oxygen atoms in total. The number of amides is 1. The predicted molar refractivity (Wildman–Crippen MR) is 117 cm³/mol. The van der Waals surface area contributed by atoms with Crippen LogP contribution in [0.2, 0.25) is 0 Å². The zero-order valence-corrected chi connectivity index (χ0v) is 18.4. The van der Waals surface area contributed by atoms with Crippen molar-refractivity contribution in [2.24, 2.45) is 5.41 Å². The number of carbonyl (C=O) groups excluding carboxylic acids is 1. The van der Waals surface area contributed by atoms with Gasteiger partial charge in [-0.2, -0.15) is 0 Å². The van der Waals surface area contributed by atoms with Crippen LogP contribution in [0.1, 0.15) is 49.2 Å². The largest absolute Gasteiger partial charge is 0.493 e. The molecule has 0 aliphatic carbocycles. The van der Waals surface area contributed by atoms with Crippen LogP contribution in [0, 0.1) is 5.41 Å². The number of benzene rings is 2. The van der Waals surface area contributed by atoms with Gasteiger partial charge in [-0.05, 0) is 53.3 Å². The Bertz CT molecular complexity index is 852. The van der Waals surface area contributed by atoms with Crippen molar-refractivity contribution in [3.63, 3.8) is 0 Å². The Kier molecular flexibility index (Phi) is 7.32. The lowest BCUT2D eigenvalue weighted by Crippen LogP contribution is -2.22. The Morgan fingerprint density at radius 1 is 0.931 bits per heavy atom. The van der Waals surface area contributed by atoms with Crippen molar-refractivity contribution in [2.75, 3.05) is 21.3 Å². The molecular formula is C24H31NO4. The minimum atomic E-state index is -0.136. The molecule has 2 aromatic rings. The van der Waals surface area contributed by atoms with Gasteiger partial charge in [0, 0.05) is 12.1 Å². The molecular weight excluding hydrogens is 366 g/mol. The number of allylic oxidation sites excluding steroid dienone is 2. The lowest BCUT2D eigenvalue weighted by Gasteiger charge is -2.15. The molecule has 0 saturated heterocycles. The van der Waals surface area contributed by atoms with Crippen molar-refractivity contribution in [1.29, 1.82) is 0 Å². The van der Waals surface area contributed by atoms with Crippen LogP contribution in [-0.4, -0.2) is 27.2 Å². The molecule has 0 atom stereocenters. The highest BCUT2D eigenvalue weighted by Gasteiger charge is 2.14. The Hall–Kier alpha value is -2.95. The number of ether oxygens (including phenoxy) is 3. The average molecular weight is 398 g/mol. The topological polar surface area (TPSA) is 56.8 Å². The van der Waals surface area contributed by atoms with Gasteiger partial charge in [0.2, 0.25) is 5.75 Å². The summed E-state index contributed by atoms with van der Waals surface area (Å²) in [5.74, 6) is 1.50. The number of methoxy groups -OCH3 is 3. The molecule has 5 heteroatoms. The summed E-state index contributed by atoms with van der Waals surface area (Å²) in [6.07, 6.45) is 2.23. The summed E-state index contributed by atoms with van der Waals surface area (Å²) in [6.45, 7) is 8.94. The van der Waals surface area contributed by atoms with E-state index >= 15 is 0 Å². The molecule has 0 fully saturated rings. The highest BCUT2D eigenvalue weighted by Crippen LogP contribution is 2.38. The Morgan fingerprint density at radius 3 is 1.90 bits per heavy atom. The summed E-state index contributed by atoms with van der Waals surface area (Å²) >= 11 is 0. The fraction of sp³-hybridized carbons (Fsp3) is 0.375. The maximum absolute atomic E-state index is 12.5. The van der Waals surface area contributed by atoms with Crippen LogP contribution in [0.5, 0.6) is 17.2 Å². The van der Waals surface area contributed by atoms with E-state index in [0.717, 1.165) is 11.1 Å². The fourth-order valence-electron chi connectivity index (χ4n) is 3.14. The summed E-state index contributed by atoms with van der Waals surface area (Å²) in [4.78, 5) is 12.5. The molecule has 0 radical (unpaired) electrons. The average Bonchev–Trinajstić information content (AvgIpc) is 2.69. The van der Waals surface area contributed by atoms with Gasteiger partial charge in [-0.3, -0.25) is 4.79 Å². The minimum Gasteiger partial charge on any atom is -0.493 e. The SMILES string of the molecule is COc1cc(CNC(=O)c2ccc(/C(C)=C/C(C)(C)C)cc2)cc(OC)c1OC. The van der Waals surface area contributed by atoms with E-state index < -0.39 is 0 Å². The van der Waals surface area contributed by atoms with E-state index in [2.05, 4.69) is 39.1 Å².